The van der Waals surface area contributed by atoms with Crippen molar-refractivity contribution in [3.05, 3.63) is 33.8 Å². The van der Waals surface area contributed by atoms with Crippen LogP contribution in [0.1, 0.15) is 19.4 Å². The van der Waals surface area contributed by atoms with Crippen molar-refractivity contribution in [1.82, 2.24) is 5.32 Å². The van der Waals surface area contributed by atoms with E-state index in [2.05, 4.69) is 5.32 Å². The molecule has 1 amide bonds. The van der Waals surface area contributed by atoms with Crippen LogP contribution in [0, 0.1) is 0 Å². The Kier molecular flexibility index (Phi) is 4.80. The number of nitrogens with two attached hydrogens (primary N) is 1. The zero-order valence-electron chi connectivity index (χ0n) is 9.89. The SMILES string of the molecule is CC(C)(CN)NC(=O)Cc1ccc(Cl)c(Cl)c1. The lowest BCUT2D eigenvalue weighted by molar-refractivity contribution is -0.121. The molecule has 0 aromatic heterocycles. The van der Waals surface area contributed by atoms with Gasteiger partial charge in [0.2, 0.25) is 5.91 Å². The van der Waals surface area contributed by atoms with Crippen molar-refractivity contribution in [3.63, 3.8) is 0 Å². The second-order valence-electron chi connectivity index (χ2n) is 4.56. The molecule has 0 saturated carbocycles. The van der Waals surface area contributed by atoms with Gasteiger partial charge in [0.05, 0.1) is 16.5 Å². The van der Waals surface area contributed by atoms with Crippen LogP contribution in [0.15, 0.2) is 18.2 Å². The number of rotatable bonds is 4. The highest BCUT2D eigenvalue weighted by Crippen LogP contribution is 2.22. The Morgan fingerprint density at radius 2 is 2.00 bits per heavy atom. The summed E-state index contributed by atoms with van der Waals surface area (Å²) in [6, 6.07) is 5.16. The molecule has 0 atom stereocenters. The van der Waals surface area contributed by atoms with Gasteiger partial charge in [0.25, 0.3) is 0 Å². The number of hydrogen-bond donors (Lipinski definition) is 2. The summed E-state index contributed by atoms with van der Waals surface area (Å²) in [5.41, 5.74) is 5.97. The third-order valence-electron chi connectivity index (χ3n) is 2.34. The summed E-state index contributed by atoms with van der Waals surface area (Å²) < 4.78 is 0. The Morgan fingerprint density at radius 1 is 1.35 bits per heavy atom. The Labute approximate surface area is 111 Å². The fourth-order valence-electron chi connectivity index (χ4n) is 1.31. The maximum atomic E-state index is 11.7. The zero-order chi connectivity index (χ0) is 13.1. The Hall–Kier alpha value is -0.770. The summed E-state index contributed by atoms with van der Waals surface area (Å²) in [4.78, 5) is 11.7. The number of halogens is 2. The van der Waals surface area contributed by atoms with Crippen molar-refractivity contribution in [2.75, 3.05) is 6.54 Å². The van der Waals surface area contributed by atoms with Crippen LogP contribution in [0.4, 0.5) is 0 Å². The van der Waals surface area contributed by atoms with Gasteiger partial charge in [-0.1, -0.05) is 29.3 Å². The predicted molar refractivity (Wildman–Crippen MR) is 71.4 cm³/mol. The smallest absolute Gasteiger partial charge is 0.224 e. The van der Waals surface area contributed by atoms with Gasteiger partial charge in [-0.15, -0.1) is 0 Å². The minimum atomic E-state index is -0.396. The second-order valence-corrected chi connectivity index (χ2v) is 5.38. The lowest BCUT2D eigenvalue weighted by Gasteiger charge is -2.24. The largest absolute Gasteiger partial charge is 0.350 e. The summed E-state index contributed by atoms with van der Waals surface area (Å²) >= 11 is 11.7. The van der Waals surface area contributed by atoms with Crippen molar-refractivity contribution in [1.29, 1.82) is 0 Å². The van der Waals surface area contributed by atoms with E-state index in [0.29, 0.717) is 16.6 Å². The van der Waals surface area contributed by atoms with Gasteiger partial charge in [-0.2, -0.15) is 0 Å². The van der Waals surface area contributed by atoms with Crippen molar-refractivity contribution in [2.45, 2.75) is 25.8 Å². The molecular formula is C12H16Cl2N2O. The van der Waals surface area contributed by atoms with Gasteiger partial charge >= 0.3 is 0 Å². The van der Waals surface area contributed by atoms with Gasteiger partial charge < -0.3 is 11.1 Å². The second kappa shape index (κ2) is 5.71. The lowest BCUT2D eigenvalue weighted by atomic mass is 10.1. The fourth-order valence-corrected chi connectivity index (χ4v) is 1.63. The standard InChI is InChI=1S/C12H16Cl2N2O/c1-12(2,7-15)16-11(17)6-8-3-4-9(13)10(14)5-8/h3-5H,6-7,15H2,1-2H3,(H,16,17). The van der Waals surface area contributed by atoms with Gasteiger partial charge in [-0.25, -0.2) is 0 Å². The number of carbonyl (C=O) groups is 1. The molecule has 0 bridgehead atoms. The molecule has 0 saturated heterocycles. The Morgan fingerprint density at radius 3 is 2.53 bits per heavy atom. The van der Waals surface area contributed by atoms with Crippen molar-refractivity contribution < 1.29 is 4.79 Å². The van der Waals surface area contributed by atoms with Crippen molar-refractivity contribution >= 4 is 29.1 Å². The molecule has 94 valence electrons. The molecular weight excluding hydrogens is 259 g/mol. The van der Waals surface area contributed by atoms with Crippen LogP contribution in [-0.4, -0.2) is 18.0 Å². The molecule has 1 aromatic rings. The molecule has 1 rings (SSSR count). The lowest BCUT2D eigenvalue weighted by Crippen LogP contribution is -2.49. The van der Waals surface area contributed by atoms with E-state index in [0.717, 1.165) is 5.56 Å². The molecule has 0 unspecified atom stereocenters. The van der Waals surface area contributed by atoms with E-state index in [4.69, 9.17) is 28.9 Å². The third kappa shape index (κ3) is 4.54. The minimum absolute atomic E-state index is 0.0844. The molecule has 0 spiro atoms. The number of amides is 1. The average Bonchev–Trinajstić information content (AvgIpc) is 2.23. The molecule has 0 radical (unpaired) electrons. The van der Waals surface area contributed by atoms with E-state index in [9.17, 15) is 4.79 Å². The molecule has 0 aliphatic heterocycles. The Balaban J connectivity index is 2.65. The molecule has 1 aromatic carbocycles. The van der Waals surface area contributed by atoms with Crippen LogP contribution >= 0.6 is 23.2 Å². The van der Waals surface area contributed by atoms with Crippen LogP contribution in [0.2, 0.25) is 10.0 Å². The highest BCUT2D eigenvalue weighted by atomic mass is 35.5. The van der Waals surface area contributed by atoms with Crippen molar-refractivity contribution in [2.24, 2.45) is 5.73 Å². The average molecular weight is 275 g/mol. The first-order valence-corrected chi connectivity index (χ1v) is 6.04. The van der Waals surface area contributed by atoms with Gasteiger partial charge in [0, 0.05) is 12.1 Å². The van der Waals surface area contributed by atoms with Gasteiger partial charge in [0.15, 0.2) is 0 Å². The summed E-state index contributed by atoms with van der Waals surface area (Å²) in [7, 11) is 0. The van der Waals surface area contributed by atoms with Crippen molar-refractivity contribution in [3.8, 4) is 0 Å². The van der Waals surface area contributed by atoms with Crippen LogP contribution < -0.4 is 11.1 Å². The van der Waals surface area contributed by atoms with Gasteiger partial charge in [-0.05, 0) is 31.5 Å². The van der Waals surface area contributed by atoms with E-state index in [-0.39, 0.29) is 12.3 Å². The highest BCUT2D eigenvalue weighted by Gasteiger charge is 2.18. The maximum Gasteiger partial charge on any atom is 0.224 e. The minimum Gasteiger partial charge on any atom is -0.350 e. The number of benzene rings is 1. The molecule has 3 nitrogen and oxygen atoms in total. The fraction of sp³-hybridized carbons (Fsp3) is 0.417. The third-order valence-corrected chi connectivity index (χ3v) is 3.08. The first kappa shape index (κ1) is 14.3. The molecule has 0 heterocycles. The number of carbonyl (C=O) groups excluding carboxylic acids is 1. The summed E-state index contributed by atoms with van der Waals surface area (Å²) in [6.45, 7) is 4.14. The number of hydrogen-bond acceptors (Lipinski definition) is 2. The molecule has 3 N–H and O–H groups in total. The quantitative estimate of drug-likeness (QED) is 0.886. The van der Waals surface area contributed by atoms with Crippen LogP contribution in [0.5, 0.6) is 0 Å². The van der Waals surface area contributed by atoms with Gasteiger partial charge in [0.1, 0.15) is 0 Å². The topological polar surface area (TPSA) is 55.1 Å². The van der Waals surface area contributed by atoms with E-state index in [1.807, 2.05) is 13.8 Å². The first-order valence-electron chi connectivity index (χ1n) is 5.29. The van der Waals surface area contributed by atoms with Gasteiger partial charge in [-0.3, -0.25) is 4.79 Å². The highest BCUT2D eigenvalue weighted by molar-refractivity contribution is 6.42. The van der Waals surface area contributed by atoms with E-state index in [1.54, 1.807) is 18.2 Å². The molecule has 0 aliphatic carbocycles. The summed E-state index contributed by atoms with van der Waals surface area (Å²) in [5.74, 6) is -0.0844. The van der Waals surface area contributed by atoms with E-state index >= 15 is 0 Å². The predicted octanol–water partition coefficient (Wildman–Crippen LogP) is 2.39. The maximum absolute atomic E-state index is 11.7. The normalized spacial score (nSPS) is 11.4. The molecule has 0 fully saturated rings. The van der Waals surface area contributed by atoms with Crippen LogP contribution in [0.25, 0.3) is 0 Å². The van der Waals surface area contributed by atoms with Crippen LogP contribution in [0.3, 0.4) is 0 Å². The summed E-state index contributed by atoms with van der Waals surface area (Å²) in [6.07, 6.45) is 0.264. The monoisotopic (exact) mass is 274 g/mol. The molecule has 0 aliphatic rings. The van der Waals surface area contributed by atoms with E-state index < -0.39 is 5.54 Å². The Bertz CT molecular complexity index is 419. The van der Waals surface area contributed by atoms with Crippen LogP contribution in [-0.2, 0) is 11.2 Å². The first-order chi connectivity index (χ1) is 7.84. The van der Waals surface area contributed by atoms with E-state index in [1.165, 1.54) is 0 Å². The zero-order valence-corrected chi connectivity index (χ0v) is 11.4. The molecule has 17 heavy (non-hydrogen) atoms. The molecule has 5 heteroatoms. The summed E-state index contributed by atoms with van der Waals surface area (Å²) in [5, 5.41) is 3.79. The number of nitrogens with one attached hydrogen (secondary N) is 1.